The quantitative estimate of drug-likeness (QED) is 0.573. The lowest BCUT2D eigenvalue weighted by Crippen LogP contribution is -1.52. The maximum Gasteiger partial charge on any atom is 0.0829 e. The van der Waals surface area contributed by atoms with Gasteiger partial charge < -0.3 is 4.74 Å². The molecule has 0 saturated heterocycles. The highest BCUT2D eigenvalue weighted by molar-refractivity contribution is 6.25. The van der Waals surface area contributed by atoms with Gasteiger partial charge in [-0.1, -0.05) is 31.3 Å². The first-order valence-corrected chi connectivity index (χ1v) is 2.73. The summed E-state index contributed by atoms with van der Waals surface area (Å²) >= 11 is 4.76. The Morgan fingerprint density at radius 3 is 1.40 bits per heavy atom. The first-order chi connectivity index (χ1) is 4.83. The second kappa shape index (κ2) is 41.1. The molecule has 1 nitrogen and oxygen atoms in total. The van der Waals surface area contributed by atoms with E-state index in [0.29, 0.717) is 7.18 Å². The van der Waals surface area contributed by atoms with Crippen LogP contribution in [0.2, 0.25) is 0 Å². The Balaban J connectivity index is -0.0000000847. The largest absolute Gasteiger partial charge is 0.474 e. The highest BCUT2D eigenvalue weighted by atomic mass is 35.5. The SMILES string of the molecule is C=CCl.C=COC=C.CF. The van der Waals surface area contributed by atoms with Gasteiger partial charge in [0, 0.05) is 0 Å². The molecule has 60 valence electrons. The molecule has 0 unspecified atom stereocenters. The van der Waals surface area contributed by atoms with Crippen molar-refractivity contribution in [2.45, 2.75) is 0 Å². The average Bonchev–Trinajstić information content (AvgIpc) is 1.96. The molecule has 0 saturated carbocycles. The smallest absolute Gasteiger partial charge is 0.0829 e. The number of rotatable bonds is 2. The zero-order chi connectivity index (χ0) is 8.83. The van der Waals surface area contributed by atoms with E-state index >= 15 is 0 Å². The minimum absolute atomic E-state index is 0.500. The minimum Gasteiger partial charge on any atom is -0.474 e. The van der Waals surface area contributed by atoms with Gasteiger partial charge in [0.2, 0.25) is 0 Å². The van der Waals surface area contributed by atoms with E-state index < -0.39 is 0 Å². The third-order valence-electron chi connectivity index (χ3n) is 0.192. The van der Waals surface area contributed by atoms with Crippen molar-refractivity contribution in [3.8, 4) is 0 Å². The fourth-order valence-corrected chi connectivity index (χ4v) is 0.0680. The molecular weight excluding hydrogens is 155 g/mol. The van der Waals surface area contributed by atoms with Gasteiger partial charge in [-0.3, -0.25) is 4.39 Å². The van der Waals surface area contributed by atoms with Crippen LogP contribution in [0.3, 0.4) is 0 Å². The van der Waals surface area contributed by atoms with Crippen molar-refractivity contribution >= 4 is 11.6 Å². The lowest BCUT2D eigenvalue weighted by atomic mass is 11.1. The molecule has 0 aromatic heterocycles. The molecule has 0 radical (unpaired) electrons. The van der Waals surface area contributed by atoms with Crippen LogP contribution in [0, 0.1) is 0 Å². The summed E-state index contributed by atoms with van der Waals surface area (Å²) < 4.78 is 13.9. The number of hydrogen-bond donors (Lipinski definition) is 0. The molecule has 3 heteroatoms. The third-order valence-corrected chi connectivity index (χ3v) is 0.192. The van der Waals surface area contributed by atoms with Crippen molar-refractivity contribution in [1.29, 1.82) is 0 Å². The van der Waals surface area contributed by atoms with Crippen LogP contribution < -0.4 is 0 Å². The van der Waals surface area contributed by atoms with E-state index in [1.54, 1.807) is 0 Å². The highest BCUT2D eigenvalue weighted by Crippen LogP contribution is 1.65. The lowest BCUT2D eigenvalue weighted by Gasteiger charge is -1.76. The van der Waals surface area contributed by atoms with Crippen molar-refractivity contribution in [1.82, 2.24) is 0 Å². The van der Waals surface area contributed by atoms with Gasteiger partial charge >= 0.3 is 0 Å². The van der Waals surface area contributed by atoms with Crippen molar-refractivity contribution in [3.05, 3.63) is 37.8 Å². The highest BCUT2D eigenvalue weighted by Gasteiger charge is 1.45. The molecule has 0 amide bonds. The summed E-state index contributed by atoms with van der Waals surface area (Å²) in [5, 5.41) is 0. The summed E-state index contributed by atoms with van der Waals surface area (Å²) in [6.07, 6.45) is 2.62. The van der Waals surface area contributed by atoms with Crippen LogP contribution in [0.5, 0.6) is 0 Å². The molecule has 0 atom stereocenters. The summed E-state index contributed by atoms with van der Waals surface area (Å²) in [7, 11) is 0.500. The van der Waals surface area contributed by atoms with Gasteiger partial charge in [0.1, 0.15) is 0 Å². The molecule has 0 aromatic rings. The zero-order valence-corrected chi connectivity index (χ0v) is 6.77. The van der Waals surface area contributed by atoms with Crippen molar-refractivity contribution in [3.63, 3.8) is 0 Å². The minimum atomic E-state index is 0.500. The standard InChI is InChI=1S/C4H6O.C2H3Cl.CH3F/c1-3-5-4-2;1-2-3;1-2/h3-4H,1-2H2;2H,1H2;1H3. The molecule has 0 aliphatic carbocycles. The summed E-state index contributed by atoms with van der Waals surface area (Å²) in [6.45, 7) is 9.64. The molecule has 0 bridgehead atoms. The molecule has 0 heterocycles. The Kier molecular flexibility index (Phi) is 66.3. The summed E-state index contributed by atoms with van der Waals surface area (Å²) in [5.74, 6) is 0. The fraction of sp³-hybridized carbons (Fsp3) is 0.143. The van der Waals surface area contributed by atoms with Crippen LogP contribution in [0.15, 0.2) is 37.8 Å². The first kappa shape index (κ1) is 16.1. The number of halogens is 2. The van der Waals surface area contributed by atoms with E-state index in [2.05, 4.69) is 24.5 Å². The Labute approximate surface area is 66.5 Å². The number of hydrogen-bond acceptors (Lipinski definition) is 1. The molecule has 0 spiro atoms. The topological polar surface area (TPSA) is 9.23 Å². The van der Waals surface area contributed by atoms with Gasteiger partial charge in [0.15, 0.2) is 0 Å². The van der Waals surface area contributed by atoms with Gasteiger partial charge in [-0.15, -0.1) is 0 Å². The maximum atomic E-state index is 9.50. The summed E-state index contributed by atoms with van der Waals surface area (Å²) in [6, 6.07) is 0. The van der Waals surface area contributed by atoms with Crippen LogP contribution in [-0.4, -0.2) is 7.18 Å². The first-order valence-electron chi connectivity index (χ1n) is 2.29. The number of alkyl halides is 1. The molecule has 0 aliphatic rings. The maximum absolute atomic E-state index is 9.50. The molecular formula is C7H12ClFO. The molecule has 0 N–H and O–H groups in total. The van der Waals surface area contributed by atoms with Crippen molar-refractivity contribution in [2.24, 2.45) is 0 Å². The lowest BCUT2D eigenvalue weighted by molar-refractivity contribution is 0.406. The molecule has 0 rings (SSSR count). The molecule has 0 fully saturated rings. The average molecular weight is 167 g/mol. The molecule has 0 aliphatic heterocycles. The van der Waals surface area contributed by atoms with Gasteiger partial charge in [-0.2, -0.15) is 0 Å². The Morgan fingerprint density at radius 2 is 1.40 bits per heavy atom. The molecule has 10 heavy (non-hydrogen) atoms. The zero-order valence-electron chi connectivity index (χ0n) is 6.02. The second-order valence-corrected chi connectivity index (χ2v) is 0.932. The summed E-state index contributed by atoms with van der Waals surface area (Å²) in [5.41, 5.74) is 1.22. The molecule has 0 aromatic carbocycles. The normalized spacial score (nSPS) is 4.70. The Hall–Kier alpha value is -0.760. The van der Waals surface area contributed by atoms with E-state index in [9.17, 15) is 4.39 Å². The van der Waals surface area contributed by atoms with Crippen molar-refractivity contribution < 1.29 is 9.13 Å². The van der Waals surface area contributed by atoms with Gasteiger partial charge in [0.25, 0.3) is 0 Å². The Morgan fingerprint density at radius 1 is 1.20 bits per heavy atom. The van der Waals surface area contributed by atoms with Crippen LogP contribution in [0.4, 0.5) is 4.39 Å². The van der Waals surface area contributed by atoms with Gasteiger partial charge in [-0.05, 0) is 5.54 Å². The van der Waals surface area contributed by atoms with Gasteiger partial charge in [0.05, 0.1) is 19.7 Å². The van der Waals surface area contributed by atoms with E-state index in [4.69, 9.17) is 11.6 Å². The van der Waals surface area contributed by atoms with Gasteiger partial charge in [-0.25, -0.2) is 0 Å². The summed E-state index contributed by atoms with van der Waals surface area (Å²) in [4.78, 5) is 0. The van der Waals surface area contributed by atoms with Crippen LogP contribution in [0.1, 0.15) is 0 Å². The number of ether oxygens (including phenoxy) is 1. The van der Waals surface area contributed by atoms with Crippen molar-refractivity contribution in [2.75, 3.05) is 7.18 Å². The van der Waals surface area contributed by atoms with E-state index in [1.165, 1.54) is 18.1 Å². The second-order valence-electron chi connectivity index (χ2n) is 0.624. The van der Waals surface area contributed by atoms with Crippen LogP contribution in [-0.2, 0) is 4.74 Å². The van der Waals surface area contributed by atoms with Crippen LogP contribution >= 0.6 is 11.6 Å². The van der Waals surface area contributed by atoms with E-state index in [-0.39, 0.29) is 0 Å². The van der Waals surface area contributed by atoms with E-state index in [1.807, 2.05) is 0 Å². The predicted molar refractivity (Wildman–Crippen MR) is 44.6 cm³/mol. The monoisotopic (exact) mass is 166 g/mol. The third kappa shape index (κ3) is 183. The Bertz CT molecular complexity index is 68.0. The van der Waals surface area contributed by atoms with Crippen LogP contribution in [0.25, 0.3) is 0 Å². The van der Waals surface area contributed by atoms with E-state index in [0.717, 1.165) is 0 Å². The predicted octanol–water partition coefficient (Wildman–Crippen LogP) is 3.24. The fourth-order valence-electron chi connectivity index (χ4n) is 0.0680.